The number of thiophene rings is 1. The van der Waals surface area contributed by atoms with Gasteiger partial charge >= 0.3 is 0 Å². The van der Waals surface area contributed by atoms with E-state index in [-0.39, 0.29) is 28.0 Å². The van der Waals surface area contributed by atoms with Crippen LogP contribution in [0, 0.1) is 0 Å². The molecule has 1 aromatic carbocycles. The first-order valence-electron chi connectivity index (χ1n) is 9.82. The first-order chi connectivity index (χ1) is 15.4. The molecule has 3 aromatic rings. The molecule has 0 saturated carbocycles. The summed E-state index contributed by atoms with van der Waals surface area (Å²) in [5, 5.41) is 7.13. The van der Waals surface area contributed by atoms with Gasteiger partial charge in [-0.3, -0.25) is 9.59 Å². The quantitative estimate of drug-likeness (QED) is 0.525. The van der Waals surface area contributed by atoms with Crippen molar-refractivity contribution >= 4 is 50.6 Å². The number of hydrogen-bond donors (Lipinski definition) is 2. The molecule has 2 amide bonds. The number of sulfonamides is 1. The fraction of sp³-hybridized carbons (Fsp3) is 0.238. The number of anilines is 1. The lowest BCUT2D eigenvalue weighted by molar-refractivity contribution is 0.0950. The first-order valence-corrected chi connectivity index (χ1v) is 13.3. The standard InChI is InChI=1S/C21H21N3O5S3/c25-20(17-5-2-9-29-17)23-16-4-1-3-15(13-16)14-22-21(26)19-18(6-10-31-19)32(27,28)24-7-11-30-12-8-24/h1-6,9-10,13H,7-8,11-12,14H2,(H,22,26)(H,23,25). The summed E-state index contributed by atoms with van der Waals surface area (Å²) in [5.74, 6) is 0.869. The van der Waals surface area contributed by atoms with Crippen LogP contribution in [0.2, 0.25) is 0 Å². The van der Waals surface area contributed by atoms with Crippen LogP contribution in [-0.2, 0) is 16.6 Å². The predicted molar refractivity (Wildman–Crippen MR) is 125 cm³/mol. The van der Waals surface area contributed by atoms with Crippen LogP contribution in [0.25, 0.3) is 0 Å². The maximum Gasteiger partial charge on any atom is 0.291 e. The molecule has 0 radical (unpaired) electrons. The van der Waals surface area contributed by atoms with Crippen LogP contribution in [0.5, 0.6) is 0 Å². The van der Waals surface area contributed by atoms with Gasteiger partial charge in [0.15, 0.2) is 5.76 Å². The minimum atomic E-state index is -3.71. The number of thioether (sulfide) groups is 1. The molecule has 1 aliphatic rings. The van der Waals surface area contributed by atoms with Gasteiger partial charge < -0.3 is 15.1 Å². The highest BCUT2D eigenvalue weighted by atomic mass is 32.2. The molecule has 4 rings (SSSR count). The molecule has 0 unspecified atom stereocenters. The van der Waals surface area contributed by atoms with Crippen LogP contribution in [0.3, 0.4) is 0 Å². The number of nitrogens with one attached hydrogen (secondary N) is 2. The average molecular weight is 492 g/mol. The van der Waals surface area contributed by atoms with Crippen molar-refractivity contribution in [1.82, 2.24) is 9.62 Å². The number of nitrogens with zero attached hydrogens (tertiary/aromatic N) is 1. The molecule has 3 heterocycles. The summed E-state index contributed by atoms with van der Waals surface area (Å²) in [6.07, 6.45) is 1.42. The Morgan fingerprint density at radius 3 is 2.62 bits per heavy atom. The van der Waals surface area contributed by atoms with Crippen molar-refractivity contribution in [2.24, 2.45) is 0 Å². The van der Waals surface area contributed by atoms with Gasteiger partial charge in [-0.1, -0.05) is 12.1 Å². The minimum Gasteiger partial charge on any atom is -0.459 e. The number of furan rings is 1. The molecule has 2 N–H and O–H groups in total. The summed E-state index contributed by atoms with van der Waals surface area (Å²) >= 11 is 2.82. The number of benzene rings is 1. The highest BCUT2D eigenvalue weighted by Crippen LogP contribution is 2.27. The molecular formula is C21H21N3O5S3. The lowest BCUT2D eigenvalue weighted by atomic mass is 10.2. The summed E-state index contributed by atoms with van der Waals surface area (Å²) in [7, 11) is -3.71. The maximum absolute atomic E-state index is 13.0. The Labute approximate surface area is 194 Å². The summed E-state index contributed by atoms with van der Waals surface area (Å²) in [5.41, 5.74) is 1.31. The van der Waals surface area contributed by atoms with Crippen LogP contribution < -0.4 is 10.6 Å². The van der Waals surface area contributed by atoms with E-state index in [1.54, 1.807) is 53.5 Å². The molecular weight excluding hydrogens is 470 g/mol. The van der Waals surface area contributed by atoms with Crippen molar-refractivity contribution in [3.8, 4) is 0 Å². The van der Waals surface area contributed by atoms with E-state index in [2.05, 4.69) is 10.6 Å². The van der Waals surface area contributed by atoms with Crippen LogP contribution in [0.4, 0.5) is 5.69 Å². The molecule has 0 bridgehead atoms. The highest BCUT2D eigenvalue weighted by molar-refractivity contribution is 7.99. The van der Waals surface area contributed by atoms with E-state index >= 15 is 0 Å². The van der Waals surface area contributed by atoms with E-state index in [1.807, 2.05) is 0 Å². The van der Waals surface area contributed by atoms with E-state index in [0.717, 1.165) is 28.4 Å². The van der Waals surface area contributed by atoms with Crippen molar-refractivity contribution in [2.75, 3.05) is 29.9 Å². The zero-order valence-corrected chi connectivity index (χ0v) is 19.4. The fourth-order valence-electron chi connectivity index (χ4n) is 3.21. The van der Waals surface area contributed by atoms with Crippen LogP contribution in [0.1, 0.15) is 25.8 Å². The lowest BCUT2D eigenvalue weighted by Crippen LogP contribution is -2.38. The fourth-order valence-corrected chi connectivity index (χ4v) is 7.11. The molecule has 0 spiro atoms. The van der Waals surface area contributed by atoms with Gasteiger partial charge in [0.2, 0.25) is 10.0 Å². The first kappa shape index (κ1) is 22.6. The third-order valence-corrected chi connectivity index (χ3v) is 8.73. The largest absolute Gasteiger partial charge is 0.459 e. The van der Waals surface area contributed by atoms with Crippen molar-refractivity contribution < 1.29 is 22.4 Å². The van der Waals surface area contributed by atoms with E-state index in [1.165, 1.54) is 16.6 Å². The zero-order chi connectivity index (χ0) is 22.6. The number of carbonyl (C=O) groups excluding carboxylic acids is 2. The van der Waals surface area contributed by atoms with E-state index < -0.39 is 15.9 Å². The topological polar surface area (TPSA) is 109 Å². The summed E-state index contributed by atoms with van der Waals surface area (Å²) in [6.45, 7) is 1.07. The molecule has 1 aliphatic heterocycles. The Morgan fingerprint density at radius 2 is 1.88 bits per heavy atom. The lowest BCUT2D eigenvalue weighted by Gasteiger charge is -2.25. The molecule has 32 heavy (non-hydrogen) atoms. The van der Waals surface area contributed by atoms with Crippen LogP contribution >= 0.6 is 23.1 Å². The van der Waals surface area contributed by atoms with Crippen molar-refractivity contribution in [2.45, 2.75) is 11.4 Å². The van der Waals surface area contributed by atoms with Gasteiger partial charge in [0.1, 0.15) is 9.77 Å². The molecule has 11 heteroatoms. The third-order valence-electron chi connectivity index (χ3n) is 4.81. The second kappa shape index (κ2) is 9.90. The Kier molecular flexibility index (Phi) is 6.99. The SMILES string of the molecule is O=C(Nc1cccc(CNC(=O)c2sccc2S(=O)(=O)N2CCSCC2)c1)c1ccco1. The number of carbonyl (C=O) groups is 2. The van der Waals surface area contributed by atoms with Gasteiger partial charge in [-0.15, -0.1) is 11.3 Å². The maximum atomic E-state index is 13.0. The molecule has 0 aliphatic carbocycles. The van der Waals surface area contributed by atoms with E-state index in [9.17, 15) is 18.0 Å². The normalized spacial score (nSPS) is 14.8. The van der Waals surface area contributed by atoms with Crippen molar-refractivity contribution in [3.63, 3.8) is 0 Å². The zero-order valence-electron chi connectivity index (χ0n) is 16.9. The van der Waals surface area contributed by atoms with E-state index in [0.29, 0.717) is 18.8 Å². The highest BCUT2D eigenvalue weighted by Gasteiger charge is 2.31. The third kappa shape index (κ3) is 5.07. The number of hydrogen-bond acceptors (Lipinski definition) is 7. The van der Waals surface area contributed by atoms with Gasteiger partial charge in [0, 0.05) is 36.8 Å². The van der Waals surface area contributed by atoms with E-state index in [4.69, 9.17) is 4.42 Å². The minimum absolute atomic E-state index is 0.0476. The molecule has 1 saturated heterocycles. The second-order valence-corrected chi connectivity index (χ2v) is 11.0. The van der Waals surface area contributed by atoms with Crippen molar-refractivity contribution in [3.05, 3.63) is 70.3 Å². The second-order valence-electron chi connectivity index (χ2n) is 6.94. The molecule has 168 valence electrons. The van der Waals surface area contributed by atoms with Gasteiger partial charge in [-0.05, 0) is 41.3 Å². The summed E-state index contributed by atoms with van der Waals surface area (Å²) in [4.78, 5) is 25.1. The van der Waals surface area contributed by atoms with Gasteiger partial charge in [0.25, 0.3) is 11.8 Å². The Balaban J connectivity index is 1.42. The molecule has 1 fully saturated rings. The average Bonchev–Trinajstić information content (AvgIpc) is 3.51. The van der Waals surface area contributed by atoms with Gasteiger partial charge in [-0.2, -0.15) is 16.1 Å². The number of amides is 2. The van der Waals surface area contributed by atoms with Gasteiger partial charge in [0.05, 0.1) is 6.26 Å². The Hall–Kier alpha value is -2.60. The Bertz CT molecular complexity index is 1200. The predicted octanol–water partition coefficient (Wildman–Crippen LogP) is 3.26. The Morgan fingerprint density at radius 1 is 1.06 bits per heavy atom. The monoisotopic (exact) mass is 491 g/mol. The summed E-state index contributed by atoms with van der Waals surface area (Å²) in [6, 6.07) is 11.7. The van der Waals surface area contributed by atoms with Crippen LogP contribution in [0.15, 0.2) is 63.4 Å². The van der Waals surface area contributed by atoms with Gasteiger partial charge in [-0.25, -0.2) is 8.42 Å². The summed E-state index contributed by atoms with van der Waals surface area (Å²) < 4.78 is 32.5. The van der Waals surface area contributed by atoms with Crippen molar-refractivity contribution in [1.29, 1.82) is 0 Å². The molecule has 2 aromatic heterocycles. The smallest absolute Gasteiger partial charge is 0.291 e. The van der Waals surface area contributed by atoms with Crippen LogP contribution in [-0.4, -0.2) is 49.1 Å². The molecule has 8 nitrogen and oxygen atoms in total. The number of rotatable bonds is 7. The molecule has 0 atom stereocenters.